The topological polar surface area (TPSA) is 36.5 Å². The Morgan fingerprint density at radius 2 is 1.81 bits per heavy atom. The van der Waals surface area contributed by atoms with E-state index in [0.29, 0.717) is 0 Å². The Morgan fingerprint density at radius 1 is 1.04 bits per heavy atom. The monoisotopic (exact) mass is 359 g/mol. The molecule has 4 heteroatoms. The minimum atomic E-state index is 0.846. The molecule has 2 saturated heterocycles. The molecular formula is C22H37N3O. The number of rotatable bonds is 11. The van der Waals surface area contributed by atoms with Gasteiger partial charge in [0.2, 0.25) is 0 Å². The summed E-state index contributed by atoms with van der Waals surface area (Å²) in [5.74, 6) is 1.95. The lowest BCUT2D eigenvalue weighted by Gasteiger charge is -2.22. The number of unbranched alkanes of at least 4 members (excludes halogenated alkanes) is 1. The van der Waals surface area contributed by atoms with Crippen molar-refractivity contribution in [2.75, 3.05) is 45.9 Å². The van der Waals surface area contributed by atoms with Crippen LogP contribution in [0.2, 0.25) is 0 Å². The first-order chi connectivity index (χ1) is 12.9. The third-order valence-corrected chi connectivity index (χ3v) is 5.79. The van der Waals surface area contributed by atoms with E-state index in [1.165, 1.54) is 83.2 Å². The van der Waals surface area contributed by atoms with Crippen molar-refractivity contribution in [2.24, 2.45) is 5.92 Å². The maximum absolute atomic E-state index is 5.90. The van der Waals surface area contributed by atoms with Crippen LogP contribution in [0, 0.1) is 5.92 Å². The lowest BCUT2D eigenvalue weighted by molar-refractivity contribution is 0.287. The van der Waals surface area contributed by atoms with E-state index in [2.05, 4.69) is 39.8 Å². The zero-order chi connectivity index (χ0) is 17.9. The fourth-order valence-electron chi connectivity index (χ4n) is 4.08. The van der Waals surface area contributed by atoms with Gasteiger partial charge in [-0.15, -0.1) is 0 Å². The van der Waals surface area contributed by atoms with Crippen LogP contribution in [0.3, 0.4) is 0 Å². The summed E-state index contributed by atoms with van der Waals surface area (Å²) in [7, 11) is 0. The molecule has 0 spiro atoms. The first-order valence-corrected chi connectivity index (χ1v) is 10.8. The minimum Gasteiger partial charge on any atom is -0.494 e. The summed E-state index contributed by atoms with van der Waals surface area (Å²) in [6.45, 7) is 9.04. The molecule has 2 aliphatic rings. The average Bonchev–Trinajstić information content (AvgIpc) is 3.20. The van der Waals surface area contributed by atoms with Crippen molar-refractivity contribution in [3.63, 3.8) is 0 Å². The van der Waals surface area contributed by atoms with Crippen LogP contribution >= 0.6 is 0 Å². The summed E-state index contributed by atoms with van der Waals surface area (Å²) < 4.78 is 5.90. The number of benzene rings is 1. The lowest BCUT2D eigenvalue weighted by atomic mass is 9.93. The van der Waals surface area contributed by atoms with Gasteiger partial charge in [-0.3, -0.25) is 0 Å². The van der Waals surface area contributed by atoms with Crippen LogP contribution in [-0.2, 0) is 6.54 Å². The van der Waals surface area contributed by atoms with Crippen LogP contribution in [0.25, 0.3) is 0 Å². The van der Waals surface area contributed by atoms with Crippen LogP contribution in [0.1, 0.15) is 50.5 Å². The molecule has 2 heterocycles. The summed E-state index contributed by atoms with van der Waals surface area (Å²) in [6.07, 6.45) is 9.29. The first kappa shape index (κ1) is 19.7. The molecule has 146 valence electrons. The molecule has 2 aliphatic heterocycles. The van der Waals surface area contributed by atoms with Gasteiger partial charge in [-0.2, -0.15) is 0 Å². The molecule has 4 nitrogen and oxygen atoms in total. The fraction of sp³-hybridized carbons (Fsp3) is 0.727. The third-order valence-electron chi connectivity index (χ3n) is 5.79. The van der Waals surface area contributed by atoms with Gasteiger partial charge in [0.1, 0.15) is 5.75 Å². The van der Waals surface area contributed by atoms with Gasteiger partial charge < -0.3 is 20.3 Å². The highest BCUT2D eigenvalue weighted by molar-refractivity contribution is 5.27. The molecule has 3 rings (SSSR count). The van der Waals surface area contributed by atoms with E-state index < -0.39 is 0 Å². The van der Waals surface area contributed by atoms with Gasteiger partial charge >= 0.3 is 0 Å². The second-order valence-corrected chi connectivity index (χ2v) is 7.91. The predicted molar refractivity (Wildman–Crippen MR) is 109 cm³/mol. The Kier molecular flexibility index (Phi) is 8.75. The highest BCUT2D eigenvalue weighted by atomic mass is 16.5. The van der Waals surface area contributed by atoms with Gasteiger partial charge in [0, 0.05) is 19.6 Å². The standard InChI is InChI=1S/C22H37N3O/c1(5-20-10-12-23-13-11-20)4-18-26-22-8-6-21(7-9-22)19-24-14-17-25-15-2-3-16-25/h6-9,20,23-24H,1-5,10-19H2. The number of ether oxygens (including phenoxy) is 1. The third kappa shape index (κ3) is 7.26. The van der Waals surface area contributed by atoms with Crippen LogP contribution in [0.15, 0.2) is 24.3 Å². The first-order valence-electron chi connectivity index (χ1n) is 10.8. The Bertz CT molecular complexity index is 479. The number of hydrogen-bond acceptors (Lipinski definition) is 4. The molecule has 26 heavy (non-hydrogen) atoms. The zero-order valence-corrected chi connectivity index (χ0v) is 16.3. The molecule has 0 amide bonds. The van der Waals surface area contributed by atoms with E-state index >= 15 is 0 Å². The highest BCUT2D eigenvalue weighted by Gasteiger charge is 2.12. The second kappa shape index (κ2) is 11.6. The molecular weight excluding hydrogens is 322 g/mol. The maximum atomic E-state index is 5.90. The van der Waals surface area contributed by atoms with E-state index in [-0.39, 0.29) is 0 Å². The SMILES string of the molecule is c1cc(OCCCCC2CCNCC2)ccc1CNCCN1CCCC1. The van der Waals surface area contributed by atoms with Crippen LogP contribution < -0.4 is 15.4 Å². The molecule has 0 saturated carbocycles. The minimum absolute atomic E-state index is 0.846. The number of nitrogens with one attached hydrogen (secondary N) is 2. The molecule has 1 aromatic rings. The largest absolute Gasteiger partial charge is 0.494 e. The van der Waals surface area contributed by atoms with Crippen molar-refractivity contribution in [1.82, 2.24) is 15.5 Å². The van der Waals surface area contributed by atoms with Gasteiger partial charge in [0.25, 0.3) is 0 Å². The predicted octanol–water partition coefficient (Wildman–Crippen LogP) is 3.42. The van der Waals surface area contributed by atoms with E-state index in [0.717, 1.165) is 31.4 Å². The van der Waals surface area contributed by atoms with Crippen molar-refractivity contribution >= 4 is 0 Å². The summed E-state index contributed by atoms with van der Waals surface area (Å²) >= 11 is 0. The molecule has 2 fully saturated rings. The molecule has 0 aliphatic carbocycles. The highest BCUT2D eigenvalue weighted by Crippen LogP contribution is 2.19. The van der Waals surface area contributed by atoms with Crippen molar-refractivity contribution in [2.45, 2.75) is 51.5 Å². The molecule has 1 aromatic carbocycles. The molecule has 2 N–H and O–H groups in total. The fourth-order valence-corrected chi connectivity index (χ4v) is 4.08. The van der Waals surface area contributed by atoms with Gasteiger partial charge in [-0.25, -0.2) is 0 Å². The molecule has 0 bridgehead atoms. The Morgan fingerprint density at radius 3 is 2.58 bits per heavy atom. The van der Waals surface area contributed by atoms with Crippen molar-refractivity contribution in [3.05, 3.63) is 29.8 Å². The summed E-state index contributed by atoms with van der Waals surface area (Å²) in [5, 5.41) is 6.99. The smallest absolute Gasteiger partial charge is 0.119 e. The number of hydrogen-bond donors (Lipinski definition) is 2. The molecule has 0 atom stereocenters. The van der Waals surface area contributed by atoms with Crippen molar-refractivity contribution in [3.8, 4) is 5.75 Å². The van der Waals surface area contributed by atoms with Crippen LogP contribution in [0.4, 0.5) is 0 Å². The summed E-state index contributed by atoms with van der Waals surface area (Å²) in [4.78, 5) is 2.55. The van der Waals surface area contributed by atoms with Crippen LogP contribution in [0.5, 0.6) is 5.75 Å². The zero-order valence-electron chi connectivity index (χ0n) is 16.3. The summed E-state index contributed by atoms with van der Waals surface area (Å²) in [6, 6.07) is 8.61. The van der Waals surface area contributed by atoms with Gasteiger partial charge in [0.05, 0.1) is 6.61 Å². The lowest BCUT2D eigenvalue weighted by Crippen LogP contribution is -2.29. The van der Waals surface area contributed by atoms with Gasteiger partial charge in [-0.1, -0.05) is 18.6 Å². The molecule has 0 radical (unpaired) electrons. The van der Waals surface area contributed by atoms with E-state index in [1.54, 1.807) is 0 Å². The number of piperidine rings is 1. The second-order valence-electron chi connectivity index (χ2n) is 7.91. The Balaban J connectivity index is 1.22. The van der Waals surface area contributed by atoms with E-state index in [9.17, 15) is 0 Å². The van der Waals surface area contributed by atoms with E-state index in [1.807, 2.05) is 0 Å². The number of nitrogens with zero attached hydrogens (tertiary/aromatic N) is 1. The summed E-state index contributed by atoms with van der Waals surface area (Å²) in [5.41, 5.74) is 1.34. The Labute approximate surface area is 159 Å². The quantitative estimate of drug-likeness (QED) is 0.594. The van der Waals surface area contributed by atoms with Gasteiger partial charge in [-0.05, 0) is 88.3 Å². The van der Waals surface area contributed by atoms with Crippen molar-refractivity contribution < 1.29 is 4.74 Å². The van der Waals surface area contributed by atoms with Crippen LogP contribution in [-0.4, -0.2) is 50.8 Å². The van der Waals surface area contributed by atoms with Gasteiger partial charge in [0.15, 0.2) is 0 Å². The number of likely N-dealkylation sites (tertiary alicyclic amines) is 1. The Hall–Kier alpha value is -1.10. The van der Waals surface area contributed by atoms with Crippen molar-refractivity contribution in [1.29, 1.82) is 0 Å². The average molecular weight is 360 g/mol. The van der Waals surface area contributed by atoms with E-state index in [4.69, 9.17) is 4.74 Å². The molecule has 0 aromatic heterocycles. The maximum Gasteiger partial charge on any atom is 0.119 e. The normalized spacial score (nSPS) is 19.1. The molecule has 0 unspecified atom stereocenters.